The summed E-state index contributed by atoms with van der Waals surface area (Å²) in [5.74, 6) is -0.196. The van der Waals surface area contributed by atoms with Crippen molar-refractivity contribution < 1.29 is 19.1 Å². The van der Waals surface area contributed by atoms with Crippen LogP contribution in [-0.2, 0) is 19.1 Å². The first-order valence-corrected chi connectivity index (χ1v) is 17.7. The van der Waals surface area contributed by atoms with Crippen LogP contribution in [-0.4, -0.2) is 11.9 Å². The quantitative estimate of drug-likeness (QED) is 0.116. The number of hydrogen-bond donors (Lipinski definition) is 0. The predicted octanol–water partition coefficient (Wildman–Crippen LogP) is 11.5. The zero-order chi connectivity index (χ0) is 30.5. The van der Waals surface area contributed by atoms with Gasteiger partial charge in [-0.25, -0.2) is 0 Å². The fourth-order valence-electron chi connectivity index (χ4n) is 6.04. The van der Waals surface area contributed by atoms with Crippen molar-refractivity contribution in [3.8, 4) is 20.9 Å². The second-order valence-electron chi connectivity index (χ2n) is 11.8. The Kier molecular flexibility index (Phi) is 9.78. The van der Waals surface area contributed by atoms with E-state index in [2.05, 4.69) is 86.7 Å². The summed E-state index contributed by atoms with van der Waals surface area (Å²) in [6, 6.07) is 17.6. The van der Waals surface area contributed by atoms with Gasteiger partial charge in [0.25, 0.3) is 0 Å². The van der Waals surface area contributed by atoms with Gasteiger partial charge in [0.2, 0.25) is 0 Å². The van der Waals surface area contributed by atoms with Crippen LogP contribution in [0.1, 0.15) is 113 Å². The van der Waals surface area contributed by atoms with Crippen LogP contribution in [0.4, 0.5) is 0 Å². The number of thiophene rings is 2. The standard InChI is InChI=1S/C38H40O4S2/c1-3-5-7-15-37(39)41-31-13-9-11-25-21-27(17-19-29(25)31)33-23-35-36(43-33)24-34(44-35)28-18-20-30-26(22-28)12-10-14-32(30)42-38(40)16-8-6-4-2/h9-12,17-24,31-32H,3-8,13-16H2,1-2H3. The van der Waals surface area contributed by atoms with Crippen LogP contribution >= 0.6 is 22.7 Å². The molecule has 0 radical (unpaired) electrons. The fraction of sp³-hybridized carbons (Fsp3) is 0.368. The Balaban J connectivity index is 1.15. The van der Waals surface area contributed by atoms with E-state index in [0.29, 0.717) is 12.8 Å². The molecular formula is C38H40O4S2. The number of unbranched alkanes of at least 4 members (excludes halogenated alkanes) is 4. The van der Waals surface area contributed by atoms with Crippen molar-refractivity contribution in [1.29, 1.82) is 0 Å². The molecule has 2 atom stereocenters. The molecule has 228 valence electrons. The Labute approximate surface area is 268 Å². The molecule has 0 N–H and O–H groups in total. The Hall–Kier alpha value is -3.48. The molecule has 4 nitrogen and oxygen atoms in total. The maximum Gasteiger partial charge on any atom is 0.306 e. The molecule has 0 spiro atoms. The third kappa shape index (κ3) is 6.92. The summed E-state index contributed by atoms with van der Waals surface area (Å²) in [5, 5.41) is 0. The van der Waals surface area contributed by atoms with Gasteiger partial charge in [0.15, 0.2) is 0 Å². The summed E-state index contributed by atoms with van der Waals surface area (Å²) >= 11 is 3.63. The largest absolute Gasteiger partial charge is 0.457 e. The lowest BCUT2D eigenvalue weighted by atomic mass is 9.92. The van der Waals surface area contributed by atoms with Gasteiger partial charge in [-0.05, 0) is 59.4 Å². The maximum absolute atomic E-state index is 12.4. The number of carbonyl (C=O) groups excluding carboxylic acids is 2. The minimum atomic E-state index is -0.202. The van der Waals surface area contributed by atoms with E-state index >= 15 is 0 Å². The van der Waals surface area contributed by atoms with Crippen molar-refractivity contribution in [1.82, 2.24) is 0 Å². The molecule has 2 heterocycles. The summed E-state index contributed by atoms with van der Waals surface area (Å²) in [5.41, 5.74) is 6.82. The Morgan fingerprint density at radius 2 is 1.11 bits per heavy atom. The van der Waals surface area contributed by atoms with Gasteiger partial charge in [-0.1, -0.05) is 88.1 Å². The maximum atomic E-state index is 12.4. The first-order chi connectivity index (χ1) is 21.5. The predicted molar refractivity (Wildman–Crippen MR) is 184 cm³/mol. The molecule has 44 heavy (non-hydrogen) atoms. The van der Waals surface area contributed by atoms with Crippen LogP contribution in [0.2, 0.25) is 0 Å². The number of esters is 2. The van der Waals surface area contributed by atoms with E-state index in [1.807, 2.05) is 22.7 Å². The molecule has 0 amide bonds. The summed E-state index contributed by atoms with van der Waals surface area (Å²) in [6.07, 6.45) is 16.7. The van der Waals surface area contributed by atoms with Crippen LogP contribution in [0.15, 0.2) is 60.7 Å². The number of ether oxygens (including phenoxy) is 2. The third-order valence-electron chi connectivity index (χ3n) is 8.45. The van der Waals surface area contributed by atoms with Gasteiger partial charge in [-0.3, -0.25) is 9.59 Å². The Morgan fingerprint density at radius 1 is 0.659 bits per heavy atom. The van der Waals surface area contributed by atoms with Gasteiger partial charge in [0, 0.05) is 56.0 Å². The molecule has 2 aromatic heterocycles. The van der Waals surface area contributed by atoms with E-state index in [9.17, 15) is 9.59 Å². The van der Waals surface area contributed by atoms with Gasteiger partial charge < -0.3 is 9.47 Å². The molecule has 6 rings (SSSR count). The van der Waals surface area contributed by atoms with Crippen molar-refractivity contribution in [3.63, 3.8) is 0 Å². The summed E-state index contributed by atoms with van der Waals surface area (Å²) < 4.78 is 14.3. The summed E-state index contributed by atoms with van der Waals surface area (Å²) in [7, 11) is 0. The van der Waals surface area contributed by atoms with Gasteiger partial charge in [0.05, 0.1) is 0 Å². The number of rotatable bonds is 12. The first kappa shape index (κ1) is 30.5. The van der Waals surface area contributed by atoms with E-state index in [0.717, 1.165) is 73.6 Å². The molecule has 2 aliphatic carbocycles. The molecule has 0 saturated heterocycles. The van der Waals surface area contributed by atoms with Crippen molar-refractivity contribution in [2.45, 2.75) is 90.3 Å². The molecule has 4 aromatic rings. The molecule has 2 aliphatic rings. The van der Waals surface area contributed by atoms with Crippen molar-refractivity contribution >= 4 is 56.2 Å². The third-order valence-corrected chi connectivity index (χ3v) is 10.8. The number of fused-ring (bicyclic) bond motifs is 3. The van der Waals surface area contributed by atoms with Gasteiger partial charge in [0.1, 0.15) is 12.2 Å². The monoisotopic (exact) mass is 624 g/mol. The number of carbonyl (C=O) groups is 2. The zero-order valence-corrected chi connectivity index (χ0v) is 27.2. The average molecular weight is 625 g/mol. The second kappa shape index (κ2) is 14.1. The molecule has 0 aliphatic heterocycles. The summed E-state index contributed by atoms with van der Waals surface area (Å²) in [4.78, 5) is 27.2. The van der Waals surface area contributed by atoms with Gasteiger partial charge >= 0.3 is 11.9 Å². The number of hydrogen-bond acceptors (Lipinski definition) is 6. The zero-order valence-electron chi connectivity index (χ0n) is 25.6. The molecular weight excluding hydrogens is 585 g/mol. The van der Waals surface area contributed by atoms with Crippen LogP contribution in [0.25, 0.3) is 42.4 Å². The highest BCUT2D eigenvalue weighted by atomic mass is 32.1. The highest BCUT2D eigenvalue weighted by molar-refractivity contribution is 7.31. The topological polar surface area (TPSA) is 52.6 Å². The van der Waals surface area contributed by atoms with Crippen molar-refractivity contribution in [2.75, 3.05) is 0 Å². The molecule has 2 aromatic carbocycles. The van der Waals surface area contributed by atoms with Crippen LogP contribution in [0.3, 0.4) is 0 Å². The SMILES string of the molecule is CCCCCC(=O)OC1CC=Cc2cc(-c3cc4sc(-c5ccc6c(c5)C=CCC6OC(=O)CCCCC)cc4s3)ccc21. The smallest absolute Gasteiger partial charge is 0.306 e. The minimum absolute atomic E-state index is 0.0981. The lowest BCUT2D eigenvalue weighted by molar-refractivity contribution is -0.150. The van der Waals surface area contributed by atoms with E-state index in [4.69, 9.17) is 9.47 Å². The number of benzene rings is 2. The molecule has 6 heteroatoms. The van der Waals surface area contributed by atoms with Gasteiger partial charge in [-0.15, -0.1) is 22.7 Å². The second-order valence-corrected chi connectivity index (χ2v) is 14.0. The van der Waals surface area contributed by atoms with E-state index in [1.165, 1.54) is 30.3 Å². The summed E-state index contributed by atoms with van der Waals surface area (Å²) in [6.45, 7) is 4.28. The van der Waals surface area contributed by atoms with Crippen LogP contribution < -0.4 is 0 Å². The van der Waals surface area contributed by atoms with E-state index < -0.39 is 0 Å². The van der Waals surface area contributed by atoms with Crippen molar-refractivity contribution in [2.24, 2.45) is 0 Å². The Bertz CT molecular complexity index is 1550. The average Bonchev–Trinajstić information content (AvgIpc) is 3.61. The molecule has 0 bridgehead atoms. The van der Waals surface area contributed by atoms with Crippen molar-refractivity contribution in [3.05, 3.63) is 82.9 Å². The highest BCUT2D eigenvalue weighted by Gasteiger charge is 2.23. The van der Waals surface area contributed by atoms with Crippen LogP contribution in [0.5, 0.6) is 0 Å². The first-order valence-electron chi connectivity index (χ1n) is 16.1. The van der Waals surface area contributed by atoms with Gasteiger partial charge in [-0.2, -0.15) is 0 Å². The normalized spacial score (nSPS) is 17.0. The Morgan fingerprint density at radius 3 is 1.55 bits per heavy atom. The highest BCUT2D eigenvalue weighted by Crippen LogP contribution is 2.44. The molecule has 2 unspecified atom stereocenters. The lowest BCUT2D eigenvalue weighted by Gasteiger charge is -2.22. The fourth-order valence-corrected chi connectivity index (χ4v) is 8.43. The molecule has 0 fully saturated rings. The minimum Gasteiger partial charge on any atom is -0.457 e. The lowest BCUT2D eigenvalue weighted by Crippen LogP contribution is -2.13. The van der Waals surface area contributed by atoms with Crippen LogP contribution in [0, 0.1) is 0 Å². The van der Waals surface area contributed by atoms with E-state index in [-0.39, 0.29) is 24.1 Å². The van der Waals surface area contributed by atoms with E-state index in [1.54, 1.807) is 0 Å². The molecule has 0 saturated carbocycles.